The third-order valence-electron chi connectivity index (χ3n) is 6.40. The highest BCUT2D eigenvalue weighted by Crippen LogP contribution is 2.38. The minimum Gasteiger partial charge on any atom is -0.308 e. The van der Waals surface area contributed by atoms with Gasteiger partial charge in [0.25, 0.3) is 0 Å². The molecule has 0 saturated carbocycles. The predicted octanol–water partition coefficient (Wildman–Crippen LogP) is 7.16. The van der Waals surface area contributed by atoms with Gasteiger partial charge in [0.2, 0.25) is 0 Å². The second-order valence-electron chi connectivity index (χ2n) is 7.99. The average Bonchev–Trinajstić information content (AvgIpc) is 3.09. The van der Waals surface area contributed by atoms with Gasteiger partial charge < -0.3 is 4.40 Å². The number of nitrogens with zero attached hydrogens (tertiary/aromatic N) is 1. The summed E-state index contributed by atoms with van der Waals surface area (Å²) in [6.45, 7) is 8.65. The molecule has 6 rings (SSSR count). The molecule has 2 aromatic heterocycles. The lowest BCUT2D eigenvalue weighted by Gasteiger charge is -2.15. The van der Waals surface area contributed by atoms with E-state index in [4.69, 9.17) is 0 Å². The molecule has 2 heteroatoms. The molecular weight excluding hydrogens is 369 g/mol. The second-order valence-corrected chi connectivity index (χ2v) is 7.99. The number of para-hydroxylation sites is 1. The molecule has 0 atom stereocenters. The highest BCUT2D eigenvalue weighted by molar-refractivity contribution is 6.20. The van der Waals surface area contributed by atoms with Crippen molar-refractivity contribution >= 4 is 61.5 Å². The maximum Gasteiger partial charge on any atom is 0.133 e. The van der Waals surface area contributed by atoms with E-state index in [0.717, 1.165) is 43.5 Å². The summed E-state index contributed by atoms with van der Waals surface area (Å²) in [5, 5.41) is 7.13. The summed E-state index contributed by atoms with van der Waals surface area (Å²) in [6, 6.07) is 20.4. The molecule has 4 aromatic carbocycles. The van der Waals surface area contributed by atoms with Crippen molar-refractivity contribution in [2.24, 2.45) is 0 Å². The zero-order valence-electron chi connectivity index (χ0n) is 17.0. The Morgan fingerprint density at radius 2 is 1.60 bits per heavy atom. The van der Waals surface area contributed by atoms with Crippen LogP contribution in [0.5, 0.6) is 0 Å². The number of halogens is 1. The second kappa shape index (κ2) is 5.93. The van der Waals surface area contributed by atoms with Crippen LogP contribution in [0.2, 0.25) is 0 Å². The molecule has 0 aliphatic heterocycles. The van der Waals surface area contributed by atoms with Crippen LogP contribution in [-0.4, -0.2) is 4.40 Å². The first-order valence-corrected chi connectivity index (χ1v) is 10.2. The topological polar surface area (TPSA) is 4.41 Å². The minimum atomic E-state index is -0.189. The molecule has 0 N–H and O–H groups in total. The maximum absolute atomic E-state index is 15.4. The normalized spacial score (nSPS) is 12.5. The number of allylic oxidation sites excluding steroid dienone is 1. The van der Waals surface area contributed by atoms with Crippen LogP contribution in [0.15, 0.2) is 66.7 Å². The van der Waals surface area contributed by atoms with Gasteiger partial charge in [0.1, 0.15) is 5.82 Å². The third kappa shape index (κ3) is 2.01. The average molecular weight is 389 g/mol. The van der Waals surface area contributed by atoms with E-state index >= 15 is 4.39 Å². The van der Waals surface area contributed by atoms with Gasteiger partial charge in [-0.25, -0.2) is 4.39 Å². The lowest BCUT2D eigenvalue weighted by atomic mass is 9.95. The number of fused-ring (bicyclic) bond motifs is 6. The van der Waals surface area contributed by atoms with Gasteiger partial charge in [-0.1, -0.05) is 61.2 Å². The molecule has 0 aliphatic carbocycles. The molecule has 0 amide bonds. The third-order valence-corrected chi connectivity index (χ3v) is 6.40. The number of aryl methyl sites for hydroxylation is 1. The number of aromatic nitrogens is 1. The Morgan fingerprint density at radius 1 is 0.867 bits per heavy atom. The zero-order valence-corrected chi connectivity index (χ0v) is 17.0. The minimum absolute atomic E-state index is 0.189. The number of benzene rings is 4. The van der Waals surface area contributed by atoms with Gasteiger partial charge in [0.05, 0.1) is 16.6 Å². The van der Waals surface area contributed by atoms with Crippen LogP contribution >= 0.6 is 0 Å². The van der Waals surface area contributed by atoms with Crippen molar-refractivity contribution in [1.82, 2.24) is 4.40 Å². The van der Waals surface area contributed by atoms with E-state index in [9.17, 15) is 0 Å². The Balaban J connectivity index is 2.09. The fourth-order valence-electron chi connectivity index (χ4n) is 5.21. The van der Waals surface area contributed by atoms with Crippen molar-refractivity contribution in [3.8, 4) is 0 Å². The van der Waals surface area contributed by atoms with E-state index in [1.165, 1.54) is 16.3 Å². The van der Waals surface area contributed by atoms with Crippen molar-refractivity contribution < 1.29 is 4.39 Å². The molecule has 0 bridgehead atoms. The standard InChI is InChI=1S/C28H20FN/c1-4-9-19-14-22(29)27-21-12-7-8-13-23(21)30-24-15-18-10-5-6-11-20(18)16(2)25(24)17(3)26(19)28(27)30/h4-15H,3H2,1-2H3/b9-4-. The van der Waals surface area contributed by atoms with Crippen molar-refractivity contribution in [3.05, 3.63) is 88.9 Å². The van der Waals surface area contributed by atoms with E-state index < -0.39 is 0 Å². The van der Waals surface area contributed by atoms with Gasteiger partial charge in [-0.15, -0.1) is 0 Å². The van der Waals surface area contributed by atoms with Crippen LogP contribution in [0.4, 0.5) is 4.39 Å². The molecule has 0 saturated heterocycles. The lowest BCUT2D eigenvalue weighted by Crippen LogP contribution is -2.10. The zero-order chi connectivity index (χ0) is 20.6. The summed E-state index contributed by atoms with van der Waals surface area (Å²) in [5.74, 6) is -0.189. The molecular formula is C28H20FN. The van der Waals surface area contributed by atoms with Crippen LogP contribution in [0.1, 0.15) is 18.1 Å². The quantitative estimate of drug-likeness (QED) is 0.263. The summed E-state index contributed by atoms with van der Waals surface area (Å²) in [6.07, 6.45) is 3.94. The number of rotatable bonds is 1. The molecule has 1 nitrogen and oxygen atoms in total. The Labute approximate surface area is 173 Å². The van der Waals surface area contributed by atoms with Gasteiger partial charge >= 0.3 is 0 Å². The largest absolute Gasteiger partial charge is 0.308 e. The molecule has 0 radical (unpaired) electrons. The molecule has 6 aromatic rings. The summed E-state index contributed by atoms with van der Waals surface area (Å²) < 4.78 is 17.6. The first-order valence-electron chi connectivity index (χ1n) is 10.2. The molecule has 0 unspecified atom stereocenters. The number of pyridine rings is 1. The molecule has 2 heterocycles. The van der Waals surface area contributed by atoms with Crippen LogP contribution in [0.3, 0.4) is 0 Å². The van der Waals surface area contributed by atoms with Gasteiger partial charge in [-0.3, -0.25) is 0 Å². The molecule has 0 fully saturated rings. The first-order chi connectivity index (χ1) is 14.6. The fourth-order valence-corrected chi connectivity index (χ4v) is 5.21. The molecule has 0 aliphatic rings. The van der Waals surface area contributed by atoms with E-state index in [2.05, 4.69) is 54.3 Å². The van der Waals surface area contributed by atoms with Crippen LogP contribution in [0.25, 0.3) is 61.5 Å². The van der Waals surface area contributed by atoms with Crippen LogP contribution in [-0.2, 0) is 0 Å². The first kappa shape index (κ1) is 17.2. The van der Waals surface area contributed by atoms with E-state index in [-0.39, 0.29) is 5.82 Å². The Bertz CT molecular complexity index is 1730. The maximum atomic E-state index is 15.4. The van der Waals surface area contributed by atoms with Crippen molar-refractivity contribution in [3.63, 3.8) is 0 Å². The van der Waals surface area contributed by atoms with Gasteiger partial charge in [0.15, 0.2) is 0 Å². The van der Waals surface area contributed by atoms with Gasteiger partial charge in [-0.2, -0.15) is 0 Å². The van der Waals surface area contributed by atoms with E-state index in [1.807, 2.05) is 37.3 Å². The smallest absolute Gasteiger partial charge is 0.133 e. The van der Waals surface area contributed by atoms with E-state index in [1.54, 1.807) is 6.07 Å². The SMILES string of the molecule is C=c1c2c(C)c3ccccc3cc2n2c3ccccc3c3c(F)cc(/C=C\C)c1c32. The van der Waals surface area contributed by atoms with Crippen LogP contribution in [0, 0.1) is 12.7 Å². The summed E-state index contributed by atoms with van der Waals surface area (Å²) in [7, 11) is 0. The fraction of sp³-hybridized carbons (Fsp3) is 0.0714. The number of hydrogen-bond donors (Lipinski definition) is 0. The Hall–Kier alpha value is -3.65. The van der Waals surface area contributed by atoms with Crippen molar-refractivity contribution in [2.45, 2.75) is 13.8 Å². The molecule has 30 heavy (non-hydrogen) atoms. The van der Waals surface area contributed by atoms with Crippen molar-refractivity contribution in [2.75, 3.05) is 0 Å². The van der Waals surface area contributed by atoms with Gasteiger partial charge in [0, 0.05) is 21.5 Å². The Kier molecular flexibility index (Phi) is 3.41. The van der Waals surface area contributed by atoms with Gasteiger partial charge in [-0.05, 0) is 59.2 Å². The molecule has 0 spiro atoms. The summed E-state index contributed by atoms with van der Waals surface area (Å²) in [5.41, 5.74) is 5.09. The summed E-state index contributed by atoms with van der Waals surface area (Å²) >= 11 is 0. The monoisotopic (exact) mass is 389 g/mol. The molecule has 144 valence electrons. The number of hydrogen-bond acceptors (Lipinski definition) is 0. The highest BCUT2D eigenvalue weighted by Gasteiger charge is 2.21. The Morgan fingerprint density at radius 3 is 2.40 bits per heavy atom. The highest BCUT2D eigenvalue weighted by atomic mass is 19.1. The lowest BCUT2D eigenvalue weighted by molar-refractivity contribution is 0.640. The van der Waals surface area contributed by atoms with Crippen molar-refractivity contribution in [1.29, 1.82) is 0 Å². The predicted molar refractivity (Wildman–Crippen MR) is 128 cm³/mol. The van der Waals surface area contributed by atoms with Crippen LogP contribution < -0.4 is 5.22 Å². The summed E-state index contributed by atoms with van der Waals surface area (Å²) in [4.78, 5) is 0. The van der Waals surface area contributed by atoms with E-state index in [0.29, 0.717) is 5.39 Å².